The Labute approximate surface area is 170 Å². The second-order valence-electron chi connectivity index (χ2n) is 8.14. The molecule has 0 radical (unpaired) electrons. The van der Waals surface area contributed by atoms with Gasteiger partial charge >= 0.3 is 0 Å². The standard InChI is InChI=1S/C20H39N3O3S/c1-8-12(4)17(20(26)27)23-10-14(6)19(25)16(11(2)3)22-9-13(5)18(24)15(7)21/h11-17,22-23H,8-10,21H2,1-7H3,(H,26,27)/t12?,13?,14?,15-,16-,17-/m0/s1. The maximum absolute atomic E-state index is 12.9. The molecule has 0 bridgehead atoms. The van der Waals surface area contributed by atoms with Gasteiger partial charge in [-0.15, -0.1) is 12.6 Å². The zero-order valence-electron chi connectivity index (χ0n) is 17.9. The molecule has 27 heavy (non-hydrogen) atoms. The summed E-state index contributed by atoms with van der Waals surface area (Å²) in [6.07, 6.45) is 0.855. The van der Waals surface area contributed by atoms with Crippen molar-refractivity contribution >= 4 is 29.3 Å². The summed E-state index contributed by atoms with van der Waals surface area (Å²) < 4.78 is 0. The summed E-state index contributed by atoms with van der Waals surface area (Å²) in [4.78, 5) is 36.6. The minimum atomic E-state index is -0.505. The maximum Gasteiger partial charge on any atom is 0.203 e. The molecule has 0 heterocycles. The van der Waals surface area contributed by atoms with E-state index in [0.29, 0.717) is 13.1 Å². The first kappa shape index (κ1) is 26.2. The summed E-state index contributed by atoms with van der Waals surface area (Å²) in [6, 6.07) is -1.21. The molecule has 3 unspecified atom stereocenters. The molecule has 6 nitrogen and oxygen atoms in total. The maximum atomic E-state index is 12.9. The van der Waals surface area contributed by atoms with Gasteiger partial charge in [-0.2, -0.15) is 0 Å². The van der Waals surface area contributed by atoms with Gasteiger partial charge in [0.25, 0.3) is 0 Å². The number of carbonyl (C=O) groups is 3. The van der Waals surface area contributed by atoms with Crippen LogP contribution in [0, 0.1) is 23.7 Å². The Hall–Kier alpha value is -0.760. The summed E-state index contributed by atoms with van der Waals surface area (Å²) in [5, 5.41) is 6.24. The second kappa shape index (κ2) is 12.6. The van der Waals surface area contributed by atoms with Crippen molar-refractivity contribution in [1.82, 2.24) is 10.6 Å². The summed E-state index contributed by atoms with van der Waals surface area (Å²) >= 11 is 3.96. The van der Waals surface area contributed by atoms with Gasteiger partial charge in [0.05, 0.1) is 18.1 Å². The molecule has 0 amide bonds. The van der Waals surface area contributed by atoms with E-state index in [9.17, 15) is 14.4 Å². The van der Waals surface area contributed by atoms with Crippen LogP contribution >= 0.6 is 12.6 Å². The largest absolute Gasteiger partial charge is 0.322 e. The third-order valence-electron chi connectivity index (χ3n) is 5.16. The highest BCUT2D eigenvalue weighted by atomic mass is 32.1. The Morgan fingerprint density at radius 3 is 1.67 bits per heavy atom. The van der Waals surface area contributed by atoms with E-state index >= 15 is 0 Å². The molecule has 0 aromatic rings. The molecule has 0 fully saturated rings. The topological polar surface area (TPSA) is 101 Å². The monoisotopic (exact) mass is 401 g/mol. The van der Waals surface area contributed by atoms with Crippen molar-refractivity contribution in [3.05, 3.63) is 0 Å². The molecule has 7 heteroatoms. The highest BCUT2D eigenvalue weighted by Gasteiger charge is 2.29. The minimum absolute atomic E-state index is 0.0177. The summed E-state index contributed by atoms with van der Waals surface area (Å²) in [5.74, 6) is -0.202. The fourth-order valence-electron chi connectivity index (χ4n) is 3.00. The first-order valence-corrected chi connectivity index (χ1v) is 10.4. The molecule has 0 aromatic heterocycles. The third-order valence-corrected chi connectivity index (χ3v) is 5.44. The van der Waals surface area contributed by atoms with Crippen LogP contribution < -0.4 is 16.4 Å². The van der Waals surface area contributed by atoms with E-state index in [1.165, 1.54) is 0 Å². The summed E-state index contributed by atoms with van der Waals surface area (Å²) in [6.45, 7) is 14.2. The zero-order valence-corrected chi connectivity index (χ0v) is 18.8. The number of hydrogen-bond donors (Lipinski definition) is 4. The number of nitrogens with two attached hydrogens (primary N) is 1. The van der Waals surface area contributed by atoms with E-state index in [-0.39, 0.29) is 52.4 Å². The van der Waals surface area contributed by atoms with Gasteiger partial charge in [-0.1, -0.05) is 48.0 Å². The highest BCUT2D eigenvalue weighted by Crippen LogP contribution is 2.14. The van der Waals surface area contributed by atoms with Crippen LogP contribution in [0.15, 0.2) is 0 Å². The van der Waals surface area contributed by atoms with Gasteiger partial charge in [0.15, 0.2) is 11.6 Å². The van der Waals surface area contributed by atoms with Crippen molar-refractivity contribution < 1.29 is 14.4 Å². The minimum Gasteiger partial charge on any atom is -0.322 e. The average molecular weight is 402 g/mol. The fourth-order valence-corrected chi connectivity index (χ4v) is 3.34. The smallest absolute Gasteiger partial charge is 0.203 e. The van der Waals surface area contributed by atoms with Gasteiger partial charge < -0.3 is 16.4 Å². The lowest BCUT2D eigenvalue weighted by molar-refractivity contribution is -0.127. The Morgan fingerprint density at radius 1 is 0.852 bits per heavy atom. The normalized spacial score (nSPS) is 18.4. The van der Waals surface area contributed by atoms with Gasteiger partial charge in [-0.3, -0.25) is 14.4 Å². The van der Waals surface area contributed by atoms with E-state index in [2.05, 4.69) is 23.3 Å². The molecule has 0 aliphatic rings. The van der Waals surface area contributed by atoms with Crippen LogP contribution in [0.3, 0.4) is 0 Å². The quantitative estimate of drug-likeness (QED) is 0.331. The SMILES string of the molecule is CCC(C)[C@H](NCC(C)C(=O)[C@@H](NCC(C)C(=O)[C@H](C)N)C(C)C)C(=O)S. The first-order valence-electron chi connectivity index (χ1n) is 9.96. The number of thiol groups is 1. The molecule has 0 aromatic carbocycles. The lowest BCUT2D eigenvalue weighted by Crippen LogP contribution is -2.50. The van der Waals surface area contributed by atoms with Crippen LogP contribution in [0.25, 0.3) is 0 Å². The number of hydrogen-bond acceptors (Lipinski definition) is 6. The van der Waals surface area contributed by atoms with E-state index in [0.717, 1.165) is 6.42 Å². The van der Waals surface area contributed by atoms with Gasteiger partial charge in [0, 0.05) is 24.9 Å². The van der Waals surface area contributed by atoms with Crippen LogP contribution in [0.5, 0.6) is 0 Å². The number of rotatable bonds is 14. The molecule has 0 spiro atoms. The Morgan fingerprint density at radius 2 is 1.30 bits per heavy atom. The third kappa shape index (κ3) is 8.85. The fraction of sp³-hybridized carbons (Fsp3) is 0.850. The molecular formula is C20H39N3O3S. The molecule has 0 saturated carbocycles. The molecule has 0 aliphatic carbocycles. The van der Waals surface area contributed by atoms with Crippen LogP contribution in [0.1, 0.15) is 54.9 Å². The van der Waals surface area contributed by atoms with Crippen molar-refractivity contribution in [2.45, 2.75) is 73.0 Å². The lowest BCUT2D eigenvalue weighted by atomic mass is 9.90. The van der Waals surface area contributed by atoms with Crippen LogP contribution in [-0.2, 0) is 14.4 Å². The van der Waals surface area contributed by atoms with E-state index in [1.54, 1.807) is 6.92 Å². The number of carbonyl (C=O) groups excluding carboxylic acids is 3. The predicted molar refractivity (Wildman–Crippen MR) is 114 cm³/mol. The van der Waals surface area contributed by atoms with Crippen LogP contribution in [0.4, 0.5) is 0 Å². The van der Waals surface area contributed by atoms with Gasteiger partial charge in [0.1, 0.15) is 0 Å². The highest BCUT2D eigenvalue weighted by molar-refractivity contribution is 7.96. The van der Waals surface area contributed by atoms with Crippen molar-refractivity contribution in [1.29, 1.82) is 0 Å². The van der Waals surface area contributed by atoms with E-state index in [1.807, 2.05) is 41.5 Å². The van der Waals surface area contributed by atoms with E-state index in [4.69, 9.17) is 5.73 Å². The van der Waals surface area contributed by atoms with Gasteiger partial charge in [0.2, 0.25) is 5.12 Å². The molecular weight excluding hydrogens is 362 g/mol. The lowest BCUT2D eigenvalue weighted by Gasteiger charge is -2.28. The summed E-state index contributed by atoms with van der Waals surface area (Å²) in [5.41, 5.74) is 5.65. The van der Waals surface area contributed by atoms with Crippen LogP contribution in [-0.4, -0.2) is 47.9 Å². The van der Waals surface area contributed by atoms with Crippen molar-refractivity contribution in [2.75, 3.05) is 13.1 Å². The van der Waals surface area contributed by atoms with Crippen molar-refractivity contribution in [3.8, 4) is 0 Å². The molecule has 0 saturated heterocycles. The van der Waals surface area contributed by atoms with Crippen LogP contribution in [0.2, 0.25) is 0 Å². The van der Waals surface area contributed by atoms with E-state index < -0.39 is 6.04 Å². The Balaban J connectivity index is 4.85. The number of nitrogens with one attached hydrogen (secondary N) is 2. The molecule has 0 rings (SSSR count). The van der Waals surface area contributed by atoms with Gasteiger partial charge in [-0.05, 0) is 18.8 Å². The zero-order chi connectivity index (χ0) is 21.3. The van der Waals surface area contributed by atoms with Crippen molar-refractivity contribution in [2.24, 2.45) is 29.4 Å². The number of Topliss-reactive ketones (excluding diaryl/α,β-unsaturated/α-hetero) is 2. The molecule has 6 atom stereocenters. The van der Waals surface area contributed by atoms with Gasteiger partial charge in [-0.25, -0.2) is 0 Å². The Kier molecular flexibility index (Phi) is 12.3. The first-order chi connectivity index (χ1) is 12.4. The predicted octanol–water partition coefficient (Wildman–Crippen LogP) is 1.82. The van der Waals surface area contributed by atoms with Crippen molar-refractivity contribution in [3.63, 3.8) is 0 Å². The molecule has 0 aliphatic heterocycles. The second-order valence-corrected chi connectivity index (χ2v) is 8.58. The molecule has 158 valence electrons. The average Bonchev–Trinajstić information content (AvgIpc) is 2.59. The molecule has 4 N–H and O–H groups in total. The Bertz CT molecular complexity index is 497. The number of ketones is 2. The summed E-state index contributed by atoms with van der Waals surface area (Å²) in [7, 11) is 0.